The van der Waals surface area contributed by atoms with Crippen molar-refractivity contribution in [3.05, 3.63) is 12.3 Å². The molecular weight excluding hydrogens is 174 g/mol. The Morgan fingerprint density at radius 2 is 2.08 bits per heavy atom. The highest BCUT2D eigenvalue weighted by Gasteiger charge is 2.27. The Bertz CT molecular complexity index is 236. The van der Waals surface area contributed by atoms with Crippen molar-refractivity contribution in [3.63, 3.8) is 0 Å². The van der Waals surface area contributed by atoms with Crippen LogP contribution in [0, 0.1) is 5.92 Å². The van der Waals surface area contributed by atoms with E-state index in [1.165, 1.54) is 6.92 Å². The molecule has 0 atom stereocenters. The first-order valence-corrected chi connectivity index (χ1v) is 4.28. The van der Waals surface area contributed by atoms with E-state index in [9.17, 15) is 8.78 Å². The third-order valence-electron chi connectivity index (χ3n) is 2.07. The van der Waals surface area contributed by atoms with Crippen molar-refractivity contribution >= 4 is 5.71 Å². The summed E-state index contributed by atoms with van der Waals surface area (Å²) in [5, 5.41) is 3.57. The fraction of sp³-hybridized carbons (Fsp3) is 0.667. The number of hydrogen-bond donors (Lipinski definition) is 1. The molecule has 13 heavy (non-hydrogen) atoms. The molecule has 0 aromatic carbocycles. The summed E-state index contributed by atoms with van der Waals surface area (Å²) < 4.78 is 25.2. The molecule has 1 saturated carbocycles. The van der Waals surface area contributed by atoms with Crippen LogP contribution in [0.25, 0.3) is 0 Å². The van der Waals surface area contributed by atoms with Gasteiger partial charge in [-0.1, -0.05) is 6.58 Å². The van der Waals surface area contributed by atoms with Gasteiger partial charge in [-0.3, -0.25) is 5.43 Å². The van der Waals surface area contributed by atoms with Crippen LogP contribution in [0.1, 0.15) is 26.7 Å². The van der Waals surface area contributed by atoms with Crippen LogP contribution in [0.15, 0.2) is 17.4 Å². The van der Waals surface area contributed by atoms with Crippen LogP contribution in [-0.4, -0.2) is 11.6 Å². The highest BCUT2D eigenvalue weighted by atomic mass is 19.3. The van der Waals surface area contributed by atoms with Gasteiger partial charge in [-0.05, 0) is 19.8 Å². The number of halogens is 2. The second-order valence-corrected chi connectivity index (χ2v) is 3.50. The molecule has 0 bridgehead atoms. The smallest absolute Gasteiger partial charge is 0.283 e. The summed E-state index contributed by atoms with van der Waals surface area (Å²) in [6.07, 6.45) is 2.17. The van der Waals surface area contributed by atoms with E-state index in [4.69, 9.17) is 0 Å². The van der Waals surface area contributed by atoms with Gasteiger partial charge in [0.25, 0.3) is 5.92 Å². The van der Waals surface area contributed by atoms with Crippen LogP contribution in [0.3, 0.4) is 0 Å². The minimum absolute atomic E-state index is 0.214. The van der Waals surface area contributed by atoms with E-state index in [1.807, 2.05) is 0 Å². The van der Waals surface area contributed by atoms with E-state index in [2.05, 4.69) is 17.1 Å². The normalized spacial score (nSPS) is 18.6. The van der Waals surface area contributed by atoms with Crippen molar-refractivity contribution in [2.75, 3.05) is 0 Å². The Labute approximate surface area is 76.7 Å². The lowest BCUT2D eigenvalue weighted by Crippen LogP contribution is -2.24. The number of rotatable bonds is 4. The van der Waals surface area contributed by atoms with Crippen LogP contribution in [0.4, 0.5) is 8.78 Å². The number of hydrazone groups is 1. The zero-order chi connectivity index (χ0) is 10.1. The second kappa shape index (κ2) is 3.44. The summed E-state index contributed by atoms with van der Waals surface area (Å²) in [6.45, 7) is 5.83. The lowest BCUT2D eigenvalue weighted by atomic mass is 10.3. The Morgan fingerprint density at radius 1 is 1.54 bits per heavy atom. The van der Waals surface area contributed by atoms with Crippen molar-refractivity contribution in [3.8, 4) is 0 Å². The van der Waals surface area contributed by atoms with E-state index >= 15 is 0 Å². The van der Waals surface area contributed by atoms with Gasteiger partial charge in [0.05, 0.1) is 0 Å². The molecule has 0 spiro atoms. The van der Waals surface area contributed by atoms with Crippen molar-refractivity contribution in [1.29, 1.82) is 0 Å². The zero-order valence-electron chi connectivity index (χ0n) is 7.90. The highest BCUT2D eigenvalue weighted by Crippen LogP contribution is 2.34. The summed E-state index contributed by atoms with van der Waals surface area (Å²) in [5.74, 6) is -2.42. The SMILES string of the molecule is C=C(N/N=C(\C)C(C)(F)F)C1CC1. The molecule has 0 aromatic heterocycles. The zero-order valence-corrected chi connectivity index (χ0v) is 7.90. The van der Waals surface area contributed by atoms with Gasteiger partial charge in [0.15, 0.2) is 0 Å². The molecule has 0 saturated heterocycles. The Hall–Kier alpha value is -0.930. The molecule has 0 unspecified atom stereocenters. The highest BCUT2D eigenvalue weighted by molar-refractivity contribution is 5.88. The van der Waals surface area contributed by atoms with E-state index in [-0.39, 0.29) is 5.71 Å². The Balaban J connectivity index is 2.42. The van der Waals surface area contributed by atoms with Gasteiger partial charge >= 0.3 is 0 Å². The topological polar surface area (TPSA) is 24.4 Å². The number of nitrogens with one attached hydrogen (secondary N) is 1. The first-order chi connectivity index (χ1) is 5.91. The molecule has 0 aliphatic heterocycles. The summed E-state index contributed by atoms with van der Waals surface area (Å²) in [7, 11) is 0. The van der Waals surface area contributed by atoms with Crippen molar-refractivity contribution in [2.45, 2.75) is 32.6 Å². The minimum Gasteiger partial charge on any atom is -0.283 e. The quantitative estimate of drug-likeness (QED) is 0.532. The van der Waals surface area contributed by atoms with E-state index in [0.717, 1.165) is 25.5 Å². The third kappa shape index (κ3) is 3.13. The van der Waals surface area contributed by atoms with Crippen LogP contribution >= 0.6 is 0 Å². The molecule has 1 aliphatic rings. The van der Waals surface area contributed by atoms with Gasteiger partial charge in [-0.2, -0.15) is 5.10 Å². The summed E-state index contributed by atoms with van der Waals surface area (Å²) in [6, 6.07) is 0. The molecule has 1 fully saturated rings. The summed E-state index contributed by atoms with van der Waals surface area (Å²) in [4.78, 5) is 0. The molecule has 0 aromatic rings. The van der Waals surface area contributed by atoms with Gasteiger partial charge in [-0.15, -0.1) is 0 Å². The molecule has 74 valence electrons. The molecule has 1 rings (SSSR count). The maximum atomic E-state index is 12.6. The Kier molecular flexibility index (Phi) is 2.68. The minimum atomic E-state index is -2.85. The van der Waals surface area contributed by atoms with Crippen molar-refractivity contribution in [1.82, 2.24) is 5.43 Å². The number of nitrogens with zero attached hydrogens (tertiary/aromatic N) is 1. The van der Waals surface area contributed by atoms with Crippen LogP contribution in [-0.2, 0) is 0 Å². The second-order valence-electron chi connectivity index (χ2n) is 3.50. The molecule has 1 aliphatic carbocycles. The predicted molar refractivity (Wildman–Crippen MR) is 48.7 cm³/mol. The largest absolute Gasteiger partial charge is 0.284 e. The molecule has 0 heterocycles. The molecule has 4 heteroatoms. The molecule has 1 N–H and O–H groups in total. The van der Waals surface area contributed by atoms with Gasteiger partial charge < -0.3 is 0 Å². The van der Waals surface area contributed by atoms with Gasteiger partial charge in [-0.25, -0.2) is 8.78 Å². The molecule has 2 nitrogen and oxygen atoms in total. The van der Waals surface area contributed by atoms with Gasteiger partial charge in [0.1, 0.15) is 5.71 Å². The molecule has 0 radical (unpaired) electrons. The number of allylic oxidation sites excluding steroid dienone is 1. The third-order valence-corrected chi connectivity index (χ3v) is 2.07. The van der Waals surface area contributed by atoms with Crippen LogP contribution < -0.4 is 5.43 Å². The summed E-state index contributed by atoms with van der Waals surface area (Å²) >= 11 is 0. The Morgan fingerprint density at radius 3 is 2.46 bits per heavy atom. The average molecular weight is 188 g/mol. The van der Waals surface area contributed by atoms with E-state index in [1.54, 1.807) is 0 Å². The first kappa shape index (κ1) is 10.2. The van der Waals surface area contributed by atoms with Gasteiger partial charge in [0, 0.05) is 18.5 Å². The standard InChI is InChI=1S/C9H14F2N2/c1-6(8-4-5-8)12-13-7(2)9(3,10)11/h8,12H,1,4-5H2,2-3H3/b13-7+. The lowest BCUT2D eigenvalue weighted by molar-refractivity contribution is 0.0991. The lowest BCUT2D eigenvalue weighted by Gasteiger charge is -2.10. The van der Waals surface area contributed by atoms with Crippen molar-refractivity contribution in [2.24, 2.45) is 11.0 Å². The summed E-state index contributed by atoms with van der Waals surface area (Å²) in [5.41, 5.74) is 3.09. The predicted octanol–water partition coefficient (Wildman–Crippen LogP) is 2.53. The monoisotopic (exact) mass is 188 g/mol. The molecular formula is C9H14F2N2. The van der Waals surface area contributed by atoms with Gasteiger partial charge in [0.2, 0.25) is 0 Å². The number of hydrogen-bond acceptors (Lipinski definition) is 2. The fourth-order valence-corrected chi connectivity index (χ4v) is 0.777. The maximum absolute atomic E-state index is 12.6. The van der Waals surface area contributed by atoms with Crippen LogP contribution in [0.2, 0.25) is 0 Å². The molecule has 0 amide bonds. The van der Waals surface area contributed by atoms with E-state index in [0.29, 0.717) is 5.92 Å². The van der Waals surface area contributed by atoms with E-state index < -0.39 is 5.92 Å². The fourth-order valence-electron chi connectivity index (χ4n) is 0.777. The number of alkyl halides is 2. The van der Waals surface area contributed by atoms with Crippen molar-refractivity contribution < 1.29 is 8.78 Å². The first-order valence-electron chi connectivity index (χ1n) is 4.28. The maximum Gasteiger partial charge on any atom is 0.284 e. The average Bonchev–Trinajstić information content (AvgIpc) is 2.79. The van der Waals surface area contributed by atoms with Crippen LogP contribution in [0.5, 0.6) is 0 Å².